The maximum atomic E-state index is 13.9. The topological polar surface area (TPSA) is 115 Å². The van der Waals surface area contributed by atoms with Crippen LogP contribution in [0.15, 0.2) is 73.1 Å². The molecule has 5 aromatic rings. The number of benzene rings is 3. The Balaban J connectivity index is 1.12. The van der Waals surface area contributed by atoms with Crippen molar-refractivity contribution in [1.82, 2.24) is 29.3 Å². The van der Waals surface area contributed by atoms with Gasteiger partial charge in [-0.25, -0.2) is 9.97 Å². The largest absolute Gasteiger partial charge is 0.493 e. The number of likely N-dealkylation sites (N-methyl/N-ethyl adjacent to an activating group) is 1. The van der Waals surface area contributed by atoms with Crippen LogP contribution in [0.3, 0.4) is 0 Å². The number of carbonyl (C=O) groups is 2. The molecule has 3 aromatic carbocycles. The van der Waals surface area contributed by atoms with Crippen LogP contribution in [0.1, 0.15) is 57.5 Å². The number of imidazole rings is 2. The van der Waals surface area contributed by atoms with E-state index < -0.39 is 0 Å². The smallest absolute Gasteiger partial charge is 0.253 e. The number of amides is 1. The lowest BCUT2D eigenvalue weighted by molar-refractivity contribution is 0.0778. The number of H-pyrrole nitrogens is 1. The summed E-state index contributed by atoms with van der Waals surface area (Å²) in [5, 5.41) is 0.656. The van der Waals surface area contributed by atoms with Gasteiger partial charge in [0.25, 0.3) is 5.91 Å². The Morgan fingerprint density at radius 1 is 1.00 bits per heavy atom. The highest BCUT2D eigenvalue weighted by Crippen LogP contribution is 2.38. The number of aromatic nitrogens is 4. The molecule has 1 aliphatic rings. The van der Waals surface area contributed by atoms with Crippen molar-refractivity contribution >= 4 is 34.3 Å². The highest BCUT2D eigenvalue weighted by atomic mass is 35.5. The monoisotopic (exact) mass is 698 g/mol. The number of nitrogens with zero attached hydrogens (tertiary/aromatic N) is 5. The standard InChI is InChI=1S/C38H43ClN6O5/c1-43(38(47)28-21-32(48-2)36(50-4)33(22-28)49-3)23-27(26-8-7-9-29(39)20-26)14-19-44-17-12-25(13-18-44)35(46)37-42-30-10-5-6-11-31(30)45(37)24-34-40-15-16-41-34/h5-11,15-16,20-22,25,27H,12-14,17-19,23-24H2,1-4H3,(H,40,41). The van der Waals surface area contributed by atoms with Gasteiger partial charge in [-0.2, -0.15) is 0 Å². The van der Waals surface area contributed by atoms with Crippen LogP contribution in [0.4, 0.5) is 0 Å². The molecule has 262 valence electrons. The van der Waals surface area contributed by atoms with Crippen molar-refractivity contribution in [3.8, 4) is 17.2 Å². The maximum Gasteiger partial charge on any atom is 0.253 e. The molecule has 3 heterocycles. The first-order valence-electron chi connectivity index (χ1n) is 16.8. The van der Waals surface area contributed by atoms with Crippen molar-refractivity contribution in [3.05, 3.63) is 101 Å². The van der Waals surface area contributed by atoms with E-state index in [0.29, 0.717) is 46.7 Å². The lowest BCUT2D eigenvalue weighted by atomic mass is 9.90. The van der Waals surface area contributed by atoms with Gasteiger partial charge >= 0.3 is 0 Å². The molecule has 0 aliphatic carbocycles. The number of likely N-dealkylation sites (tertiary alicyclic amines) is 1. The molecular formula is C38H43ClN6O5. The van der Waals surface area contributed by atoms with E-state index in [4.69, 9.17) is 30.8 Å². The molecule has 0 spiro atoms. The molecule has 12 heteroatoms. The number of halogens is 1. The van der Waals surface area contributed by atoms with Gasteiger partial charge in [0.05, 0.1) is 38.9 Å². The average molecular weight is 699 g/mol. The molecule has 6 rings (SSSR count). The molecule has 0 saturated carbocycles. The normalized spacial score (nSPS) is 14.4. The number of hydrogen-bond donors (Lipinski definition) is 1. The van der Waals surface area contributed by atoms with Crippen LogP contribution >= 0.6 is 11.6 Å². The van der Waals surface area contributed by atoms with E-state index in [1.54, 1.807) is 36.5 Å². The molecule has 0 bridgehead atoms. The van der Waals surface area contributed by atoms with E-state index in [0.717, 1.165) is 61.3 Å². The predicted octanol–water partition coefficient (Wildman–Crippen LogP) is 6.33. The molecular weight excluding hydrogens is 656 g/mol. The minimum Gasteiger partial charge on any atom is -0.493 e. The molecule has 11 nitrogen and oxygen atoms in total. The third kappa shape index (κ3) is 7.64. The first-order chi connectivity index (χ1) is 24.3. The Hall–Kier alpha value is -4.87. The lowest BCUT2D eigenvalue weighted by Gasteiger charge is -2.33. The third-order valence-electron chi connectivity index (χ3n) is 9.56. The zero-order valence-corrected chi connectivity index (χ0v) is 29.7. The molecule has 1 saturated heterocycles. The fraction of sp³-hybridized carbons (Fsp3) is 0.368. The van der Waals surface area contributed by atoms with Gasteiger partial charge in [0.15, 0.2) is 17.3 Å². The quantitative estimate of drug-likeness (QED) is 0.134. The van der Waals surface area contributed by atoms with Crippen LogP contribution in [0.5, 0.6) is 17.2 Å². The molecule has 1 unspecified atom stereocenters. The first kappa shape index (κ1) is 35.0. The van der Waals surface area contributed by atoms with Crippen molar-refractivity contribution in [1.29, 1.82) is 0 Å². The van der Waals surface area contributed by atoms with Gasteiger partial charge in [-0.15, -0.1) is 0 Å². The summed E-state index contributed by atoms with van der Waals surface area (Å²) in [4.78, 5) is 44.1. The van der Waals surface area contributed by atoms with Crippen LogP contribution in [-0.4, -0.2) is 95.6 Å². The molecule has 1 fully saturated rings. The predicted molar refractivity (Wildman–Crippen MR) is 193 cm³/mol. The highest BCUT2D eigenvalue weighted by Gasteiger charge is 2.30. The SMILES string of the molecule is COc1cc(C(=O)N(C)CC(CCN2CCC(C(=O)c3nc4ccccc4n3Cc3ncc[nH]3)CC2)c2cccc(Cl)c2)cc(OC)c1OC. The van der Waals surface area contributed by atoms with Gasteiger partial charge in [0, 0.05) is 48.4 Å². The molecule has 2 aromatic heterocycles. The lowest BCUT2D eigenvalue weighted by Crippen LogP contribution is -2.38. The summed E-state index contributed by atoms with van der Waals surface area (Å²) in [5.41, 5.74) is 3.24. The number of ketones is 1. The van der Waals surface area contributed by atoms with E-state index in [9.17, 15) is 9.59 Å². The van der Waals surface area contributed by atoms with E-state index in [1.165, 1.54) is 21.3 Å². The van der Waals surface area contributed by atoms with Gasteiger partial charge < -0.3 is 33.6 Å². The van der Waals surface area contributed by atoms with Crippen molar-refractivity contribution in [3.63, 3.8) is 0 Å². The van der Waals surface area contributed by atoms with E-state index in [2.05, 4.69) is 20.9 Å². The van der Waals surface area contributed by atoms with Crippen molar-refractivity contribution in [2.45, 2.75) is 31.7 Å². The number of ether oxygens (including phenoxy) is 3. The van der Waals surface area contributed by atoms with E-state index in [1.807, 2.05) is 47.0 Å². The Morgan fingerprint density at radius 3 is 2.40 bits per heavy atom. The zero-order valence-electron chi connectivity index (χ0n) is 28.9. The second-order valence-corrected chi connectivity index (χ2v) is 13.1. The summed E-state index contributed by atoms with van der Waals surface area (Å²) in [6.45, 7) is 3.36. The fourth-order valence-electron chi connectivity index (χ4n) is 6.86. The second kappa shape index (κ2) is 15.8. The van der Waals surface area contributed by atoms with Crippen LogP contribution in [0.2, 0.25) is 5.02 Å². The number of piperidine rings is 1. The Bertz CT molecular complexity index is 1910. The van der Waals surface area contributed by atoms with Gasteiger partial charge in [-0.05, 0) is 80.9 Å². The van der Waals surface area contributed by atoms with E-state index >= 15 is 0 Å². The summed E-state index contributed by atoms with van der Waals surface area (Å²) >= 11 is 6.43. The number of rotatable bonds is 14. The first-order valence-corrected chi connectivity index (χ1v) is 17.2. The van der Waals surface area contributed by atoms with Crippen LogP contribution in [0, 0.1) is 5.92 Å². The molecule has 1 N–H and O–H groups in total. The number of hydrogen-bond acceptors (Lipinski definition) is 8. The number of methoxy groups -OCH3 is 3. The summed E-state index contributed by atoms with van der Waals surface area (Å²) in [7, 11) is 6.40. The number of para-hydroxylation sites is 2. The minimum absolute atomic E-state index is 0.0329. The number of aromatic amines is 1. The summed E-state index contributed by atoms with van der Waals surface area (Å²) in [6, 6.07) is 19.0. The Labute approximate surface area is 297 Å². The van der Waals surface area contributed by atoms with Gasteiger partial charge in [0.2, 0.25) is 11.5 Å². The summed E-state index contributed by atoms with van der Waals surface area (Å²) in [6.07, 6.45) is 5.82. The molecule has 0 radical (unpaired) electrons. The number of Topliss-reactive ketones (excluding diaryl/α,β-unsaturated/α-hetero) is 1. The molecule has 1 aliphatic heterocycles. The minimum atomic E-state index is -0.159. The van der Waals surface area contributed by atoms with Crippen molar-refractivity contribution < 1.29 is 23.8 Å². The number of nitrogens with one attached hydrogen (secondary N) is 1. The van der Waals surface area contributed by atoms with Crippen molar-refractivity contribution in [2.24, 2.45) is 5.92 Å². The Kier molecular flexibility index (Phi) is 11.0. The number of carbonyl (C=O) groups excluding carboxylic acids is 2. The highest BCUT2D eigenvalue weighted by molar-refractivity contribution is 6.30. The van der Waals surface area contributed by atoms with Gasteiger partial charge in [-0.1, -0.05) is 35.9 Å². The third-order valence-corrected chi connectivity index (χ3v) is 9.80. The molecule has 1 atom stereocenters. The summed E-state index contributed by atoms with van der Waals surface area (Å²) < 4.78 is 18.4. The van der Waals surface area contributed by atoms with Crippen LogP contribution < -0.4 is 14.2 Å². The number of fused-ring (bicyclic) bond motifs is 1. The van der Waals surface area contributed by atoms with Crippen LogP contribution in [0.25, 0.3) is 11.0 Å². The maximum absolute atomic E-state index is 13.9. The van der Waals surface area contributed by atoms with Crippen LogP contribution in [-0.2, 0) is 6.54 Å². The van der Waals surface area contributed by atoms with Gasteiger partial charge in [0.1, 0.15) is 5.82 Å². The van der Waals surface area contributed by atoms with E-state index in [-0.39, 0.29) is 23.5 Å². The Morgan fingerprint density at radius 2 is 1.74 bits per heavy atom. The summed E-state index contributed by atoms with van der Waals surface area (Å²) in [5.74, 6) is 2.39. The zero-order chi connectivity index (χ0) is 35.2. The van der Waals surface area contributed by atoms with Crippen molar-refractivity contribution in [2.75, 3.05) is 54.6 Å². The fourth-order valence-corrected chi connectivity index (χ4v) is 7.06. The average Bonchev–Trinajstić information content (AvgIpc) is 3.80. The molecule has 50 heavy (non-hydrogen) atoms. The molecule has 1 amide bonds. The second-order valence-electron chi connectivity index (χ2n) is 12.7. The van der Waals surface area contributed by atoms with Gasteiger partial charge in [-0.3, -0.25) is 9.59 Å².